The fraction of sp³-hybridized carbons (Fsp3) is 0.133. The predicted octanol–water partition coefficient (Wildman–Crippen LogP) is 3.24. The lowest BCUT2D eigenvalue weighted by atomic mass is 10.2. The maximum atomic E-state index is 13.6. The minimum Gasteiger partial charge on any atom is -0.326 e. The molecule has 0 radical (unpaired) electrons. The number of benzene rings is 2. The first kappa shape index (κ1) is 14.0. The highest BCUT2D eigenvalue weighted by Gasteiger charge is 2.09. The van der Waals surface area contributed by atoms with Gasteiger partial charge in [0.05, 0.1) is 5.69 Å². The second kappa shape index (κ2) is 6.16. The summed E-state index contributed by atoms with van der Waals surface area (Å²) in [4.78, 5) is 11.8. The molecule has 20 heavy (non-hydrogen) atoms. The average molecular weight is 273 g/mol. The SMILES string of the molecule is Cc1cccc(F)c1NC(=O)Nc1ccc(CN)cc1. The van der Waals surface area contributed by atoms with Crippen LogP contribution in [-0.2, 0) is 6.54 Å². The second-order valence-corrected chi connectivity index (χ2v) is 4.41. The molecule has 0 heterocycles. The van der Waals surface area contributed by atoms with Crippen LogP contribution in [0.3, 0.4) is 0 Å². The van der Waals surface area contributed by atoms with Crippen molar-refractivity contribution in [3.05, 3.63) is 59.4 Å². The fourth-order valence-corrected chi connectivity index (χ4v) is 1.79. The third-order valence-electron chi connectivity index (χ3n) is 2.91. The largest absolute Gasteiger partial charge is 0.326 e. The van der Waals surface area contributed by atoms with Gasteiger partial charge in [-0.1, -0.05) is 24.3 Å². The molecule has 104 valence electrons. The van der Waals surface area contributed by atoms with Crippen LogP contribution < -0.4 is 16.4 Å². The number of rotatable bonds is 3. The van der Waals surface area contributed by atoms with E-state index in [-0.39, 0.29) is 5.69 Å². The Kier molecular flexibility index (Phi) is 4.32. The quantitative estimate of drug-likeness (QED) is 0.803. The van der Waals surface area contributed by atoms with Crippen molar-refractivity contribution in [2.75, 3.05) is 10.6 Å². The minimum absolute atomic E-state index is 0.184. The van der Waals surface area contributed by atoms with Crippen molar-refractivity contribution in [2.24, 2.45) is 5.73 Å². The summed E-state index contributed by atoms with van der Waals surface area (Å²) >= 11 is 0. The number of aryl methyl sites for hydroxylation is 1. The number of para-hydroxylation sites is 1. The lowest BCUT2D eigenvalue weighted by Gasteiger charge is -2.11. The van der Waals surface area contributed by atoms with Gasteiger partial charge in [0.2, 0.25) is 0 Å². The van der Waals surface area contributed by atoms with Crippen molar-refractivity contribution >= 4 is 17.4 Å². The Morgan fingerprint density at radius 3 is 2.45 bits per heavy atom. The molecular weight excluding hydrogens is 257 g/mol. The molecule has 0 spiro atoms. The van der Waals surface area contributed by atoms with E-state index in [4.69, 9.17) is 5.73 Å². The summed E-state index contributed by atoms with van der Waals surface area (Å²) in [5.41, 5.74) is 7.94. The van der Waals surface area contributed by atoms with E-state index < -0.39 is 11.8 Å². The second-order valence-electron chi connectivity index (χ2n) is 4.41. The van der Waals surface area contributed by atoms with Gasteiger partial charge < -0.3 is 16.4 Å². The molecule has 0 aliphatic heterocycles. The van der Waals surface area contributed by atoms with Crippen LogP contribution in [0.5, 0.6) is 0 Å². The van der Waals surface area contributed by atoms with Gasteiger partial charge in [-0.15, -0.1) is 0 Å². The molecule has 0 unspecified atom stereocenters. The normalized spacial score (nSPS) is 10.2. The molecule has 2 rings (SSSR count). The van der Waals surface area contributed by atoms with Gasteiger partial charge >= 0.3 is 6.03 Å². The molecule has 0 aliphatic rings. The Hall–Kier alpha value is -2.40. The van der Waals surface area contributed by atoms with E-state index >= 15 is 0 Å². The van der Waals surface area contributed by atoms with Crippen LogP contribution in [0.15, 0.2) is 42.5 Å². The zero-order valence-corrected chi connectivity index (χ0v) is 11.1. The van der Waals surface area contributed by atoms with E-state index in [0.717, 1.165) is 5.56 Å². The van der Waals surface area contributed by atoms with Crippen LogP contribution in [0, 0.1) is 12.7 Å². The predicted molar refractivity (Wildman–Crippen MR) is 78.1 cm³/mol. The van der Waals surface area contributed by atoms with E-state index in [2.05, 4.69) is 10.6 Å². The van der Waals surface area contributed by atoms with Crippen molar-refractivity contribution in [2.45, 2.75) is 13.5 Å². The molecule has 4 N–H and O–H groups in total. The number of anilines is 2. The third kappa shape index (κ3) is 3.33. The lowest BCUT2D eigenvalue weighted by Crippen LogP contribution is -2.20. The van der Waals surface area contributed by atoms with Crippen molar-refractivity contribution in [3.63, 3.8) is 0 Å². The number of carbonyl (C=O) groups is 1. The van der Waals surface area contributed by atoms with E-state index in [0.29, 0.717) is 17.8 Å². The zero-order valence-electron chi connectivity index (χ0n) is 11.1. The summed E-state index contributed by atoms with van der Waals surface area (Å²) in [5, 5.41) is 5.14. The first-order chi connectivity index (χ1) is 9.60. The van der Waals surface area contributed by atoms with Crippen LogP contribution in [0.2, 0.25) is 0 Å². The Morgan fingerprint density at radius 2 is 1.85 bits per heavy atom. The maximum absolute atomic E-state index is 13.6. The summed E-state index contributed by atoms with van der Waals surface area (Å²) in [5.74, 6) is -0.460. The molecule has 4 nitrogen and oxygen atoms in total. The van der Waals surface area contributed by atoms with Crippen molar-refractivity contribution in [1.82, 2.24) is 0 Å². The summed E-state index contributed by atoms with van der Waals surface area (Å²) in [6.07, 6.45) is 0. The van der Waals surface area contributed by atoms with Crippen molar-refractivity contribution < 1.29 is 9.18 Å². The van der Waals surface area contributed by atoms with Gasteiger partial charge in [-0.3, -0.25) is 0 Å². The van der Waals surface area contributed by atoms with Gasteiger partial charge in [0, 0.05) is 12.2 Å². The van der Waals surface area contributed by atoms with E-state index in [1.54, 1.807) is 31.2 Å². The number of nitrogens with two attached hydrogens (primary N) is 1. The first-order valence-electron chi connectivity index (χ1n) is 6.22. The van der Waals surface area contributed by atoms with E-state index in [1.165, 1.54) is 6.07 Å². The highest BCUT2D eigenvalue weighted by atomic mass is 19.1. The molecule has 2 aromatic rings. The Balaban J connectivity index is 2.05. The molecule has 2 amide bonds. The van der Waals surface area contributed by atoms with Crippen molar-refractivity contribution in [1.29, 1.82) is 0 Å². The fourth-order valence-electron chi connectivity index (χ4n) is 1.79. The number of nitrogens with one attached hydrogen (secondary N) is 2. The maximum Gasteiger partial charge on any atom is 0.323 e. The standard InChI is InChI=1S/C15H16FN3O/c1-10-3-2-4-13(16)14(10)19-15(20)18-12-7-5-11(9-17)6-8-12/h2-8H,9,17H2,1H3,(H2,18,19,20). The van der Waals surface area contributed by atoms with Crippen LogP contribution in [-0.4, -0.2) is 6.03 Å². The Bertz CT molecular complexity index is 591. The van der Waals surface area contributed by atoms with Gasteiger partial charge in [0.25, 0.3) is 0 Å². The average Bonchev–Trinajstić information content (AvgIpc) is 2.44. The van der Waals surface area contributed by atoms with Gasteiger partial charge in [0.15, 0.2) is 0 Å². The number of urea groups is 1. The molecule has 5 heteroatoms. The Morgan fingerprint density at radius 1 is 1.15 bits per heavy atom. The molecule has 0 fully saturated rings. The first-order valence-corrected chi connectivity index (χ1v) is 6.22. The number of hydrogen-bond donors (Lipinski definition) is 3. The zero-order chi connectivity index (χ0) is 14.5. The molecule has 2 aromatic carbocycles. The summed E-state index contributed by atoms with van der Waals surface area (Å²) in [6.45, 7) is 2.18. The number of carbonyl (C=O) groups excluding carboxylic acids is 1. The van der Waals surface area contributed by atoms with E-state index in [1.807, 2.05) is 12.1 Å². The number of hydrogen-bond acceptors (Lipinski definition) is 2. The molecule has 0 bridgehead atoms. The topological polar surface area (TPSA) is 67.2 Å². The molecule has 0 atom stereocenters. The van der Waals surface area contributed by atoms with Crippen LogP contribution in [0.4, 0.5) is 20.6 Å². The van der Waals surface area contributed by atoms with Crippen LogP contribution in [0.1, 0.15) is 11.1 Å². The highest BCUT2D eigenvalue weighted by molar-refractivity contribution is 6.00. The summed E-state index contributed by atoms with van der Waals surface area (Å²) < 4.78 is 13.6. The Labute approximate surface area is 116 Å². The summed E-state index contributed by atoms with van der Waals surface area (Å²) in [7, 11) is 0. The number of halogens is 1. The third-order valence-corrected chi connectivity index (χ3v) is 2.91. The monoisotopic (exact) mass is 273 g/mol. The highest BCUT2D eigenvalue weighted by Crippen LogP contribution is 2.19. The van der Waals surface area contributed by atoms with Crippen molar-refractivity contribution in [3.8, 4) is 0 Å². The van der Waals surface area contributed by atoms with Gasteiger partial charge in [0.1, 0.15) is 5.82 Å². The minimum atomic E-state index is -0.487. The molecule has 0 aliphatic carbocycles. The van der Waals surface area contributed by atoms with Crippen LogP contribution in [0.25, 0.3) is 0 Å². The van der Waals surface area contributed by atoms with Gasteiger partial charge in [-0.05, 0) is 36.2 Å². The van der Waals surface area contributed by atoms with Gasteiger partial charge in [-0.2, -0.15) is 0 Å². The molecular formula is C15H16FN3O. The van der Waals surface area contributed by atoms with Crippen LogP contribution >= 0.6 is 0 Å². The summed E-state index contributed by atoms with van der Waals surface area (Å²) in [6, 6.07) is 11.3. The van der Waals surface area contributed by atoms with E-state index in [9.17, 15) is 9.18 Å². The molecule has 0 saturated carbocycles. The number of amides is 2. The van der Waals surface area contributed by atoms with Gasteiger partial charge in [-0.25, -0.2) is 9.18 Å². The molecule has 0 saturated heterocycles. The smallest absolute Gasteiger partial charge is 0.323 e. The lowest BCUT2D eigenvalue weighted by molar-refractivity contribution is 0.262. The molecule has 0 aromatic heterocycles.